The molecule has 0 unspecified atom stereocenters. The van der Waals surface area contributed by atoms with Gasteiger partial charge in [0.1, 0.15) is 58.8 Å². The minimum Gasteiger partial charge on any atom is -0.454 e. The summed E-state index contributed by atoms with van der Waals surface area (Å²) >= 11 is 0. The highest BCUT2D eigenvalue weighted by Crippen LogP contribution is 2.31. The molecule has 0 saturated heterocycles. The van der Waals surface area contributed by atoms with Crippen molar-refractivity contribution in [3.63, 3.8) is 0 Å². The predicted molar refractivity (Wildman–Crippen MR) is 194 cm³/mol. The molecule has 1 heterocycles. The van der Waals surface area contributed by atoms with Gasteiger partial charge in [-0.2, -0.15) is 4.57 Å². The Hall–Kier alpha value is -6.62. The van der Waals surface area contributed by atoms with Crippen molar-refractivity contribution in [3.8, 4) is 0 Å². The van der Waals surface area contributed by atoms with Gasteiger partial charge >= 0.3 is 5.97 Å². The number of esters is 1. The molecular formula is C43H22BF20NO2. The average molecular weight is 975 g/mol. The maximum absolute atomic E-state index is 15.4. The molecule has 0 N–H and O–H groups in total. The van der Waals surface area contributed by atoms with Crippen LogP contribution in [0.1, 0.15) is 48.2 Å². The molecule has 1 fully saturated rings. The summed E-state index contributed by atoms with van der Waals surface area (Å²) in [6, 6.07) is 15.8. The summed E-state index contributed by atoms with van der Waals surface area (Å²) in [5, 5.41) is 0. The van der Waals surface area contributed by atoms with Crippen LogP contribution in [0, 0.1) is 116 Å². The Morgan fingerprint density at radius 3 is 1.04 bits per heavy atom. The zero-order valence-corrected chi connectivity index (χ0v) is 32.9. The first-order chi connectivity index (χ1) is 31.5. The second-order valence-electron chi connectivity index (χ2n) is 14.7. The molecule has 0 bridgehead atoms. The Morgan fingerprint density at radius 2 is 0.716 bits per heavy atom. The van der Waals surface area contributed by atoms with Gasteiger partial charge in [0.2, 0.25) is 0 Å². The van der Waals surface area contributed by atoms with Crippen LogP contribution < -0.4 is 26.4 Å². The van der Waals surface area contributed by atoms with Crippen LogP contribution in [0.2, 0.25) is 0 Å². The van der Waals surface area contributed by atoms with Crippen molar-refractivity contribution >= 4 is 34.0 Å². The van der Waals surface area contributed by atoms with Crippen LogP contribution in [0.3, 0.4) is 0 Å². The minimum atomic E-state index is -7.22. The zero-order valence-electron chi connectivity index (χ0n) is 32.9. The SMILES string of the molecule is Fc1c(F)c(F)c([B-](c2c(F)c(F)c(F)c(F)c2F)(c2c(F)c(F)c(F)c(F)c2F)c2c(F)c(F)c(F)c(F)c2F)c(F)c1F.O=C(OC1CCCCC1)c1cccc[n+]1Cc1ccccc1. The lowest BCUT2D eigenvalue weighted by Crippen LogP contribution is -2.81. The lowest BCUT2D eigenvalue weighted by atomic mass is 9.12. The second kappa shape index (κ2) is 19.3. The quantitative estimate of drug-likeness (QED) is 0.0381. The molecular weight excluding hydrogens is 953 g/mol. The molecule has 6 aromatic rings. The molecule has 3 nitrogen and oxygen atoms in total. The monoisotopic (exact) mass is 975 g/mol. The summed E-state index contributed by atoms with van der Waals surface area (Å²) in [6.45, 7) is 0.677. The summed E-state index contributed by atoms with van der Waals surface area (Å²) in [7, 11) is 0. The Morgan fingerprint density at radius 1 is 0.418 bits per heavy atom. The Kier molecular flexibility index (Phi) is 14.4. The van der Waals surface area contributed by atoms with Crippen LogP contribution in [-0.2, 0) is 11.3 Å². The second-order valence-corrected chi connectivity index (χ2v) is 14.7. The molecule has 0 spiro atoms. The lowest BCUT2D eigenvalue weighted by Gasteiger charge is -2.44. The third-order valence-corrected chi connectivity index (χ3v) is 10.9. The van der Waals surface area contributed by atoms with Gasteiger partial charge in [0.25, 0.3) is 5.69 Å². The fourth-order valence-electron chi connectivity index (χ4n) is 7.85. The molecule has 0 radical (unpaired) electrons. The van der Waals surface area contributed by atoms with E-state index in [1.165, 1.54) is 12.0 Å². The summed E-state index contributed by atoms with van der Waals surface area (Å²) in [6.07, 6.45) is 0.386. The number of hydrogen-bond acceptors (Lipinski definition) is 2. The molecule has 0 amide bonds. The molecule has 5 aromatic carbocycles. The van der Waals surface area contributed by atoms with Crippen molar-refractivity contribution in [2.24, 2.45) is 0 Å². The Labute approximate surface area is 362 Å². The first kappa shape index (κ1) is 49.8. The minimum absolute atomic E-state index is 0.0895. The van der Waals surface area contributed by atoms with Gasteiger partial charge in [-0.3, -0.25) is 0 Å². The van der Waals surface area contributed by atoms with Crippen molar-refractivity contribution in [1.82, 2.24) is 0 Å². The van der Waals surface area contributed by atoms with E-state index in [0.29, 0.717) is 12.2 Å². The van der Waals surface area contributed by atoms with Gasteiger partial charge in [0.05, 0.1) is 0 Å². The molecule has 67 heavy (non-hydrogen) atoms. The average Bonchev–Trinajstić information content (AvgIpc) is 3.32. The van der Waals surface area contributed by atoms with Crippen LogP contribution >= 0.6 is 0 Å². The Balaban J connectivity index is 0.000000279. The smallest absolute Gasteiger partial charge is 0.403 e. The van der Waals surface area contributed by atoms with Crippen molar-refractivity contribution in [2.45, 2.75) is 44.8 Å². The number of ether oxygens (including phenoxy) is 1. The van der Waals surface area contributed by atoms with Crippen molar-refractivity contribution < 1.29 is 102 Å². The fourth-order valence-corrected chi connectivity index (χ4v) is 7.85. The van der Waals surface area contributed by atoms with E-state index in [1.807, 2.05) is 47.2 Å². The summed E-state index contributed by atoms with van der Waals surface area (Å²) < 4.78 is 302. The topological polar surface area (TPSA) is 30.2 Å². The van der Waals surface area contributed by atoms with Crippen LogP contribution in [0.5, 0.6) is 0 Å². The normalized spacial score (nSPS) is 13.1. The zero-order chi connectivity index (χ0) is 49.6. The highest BCUT2D eigenvalue weighted by Gasteiger charge is 2.52. The number of aromatic nitrogens is 1. The number of halogens is 20. The number of carbonyl (C=O) groups is 1. The van der Waals surface area contributed by atoms with Crippen LogP contribution in [0.15, 0.2) is 54.7 Å². The molecule has 24 heteroatoms. The number of pyridine rings is 1. The fraction of sp³-hybridized carbons (Fsp3) is 0.163. The van der Waals surface area contributed by atoms with Crippen molar-refractivity contribution in [2.75, 3.05) is 0 Å². The van der Waals surface area contributed by atoms with E-state index in [-0.39, 0.29) is 12.1 Å². The van der Waals surface area contributed by atoms with Gasteiger partial charge < -0.3 is 4.74 Å². The summed E-state index contributed by atoms with van der Waals surface area (Å²) in [5.41, 5.74) is -12.5. The van der Waals surface area contributed by atoms with E-state index >= 15 is 35.1 Å². The van der Waals surface area contributed by atoms with Gasteiger partial charge in [-0.25, -0.2) is 92.6 Å². The van der Waals surface area contributed by atoms with E-state index in [2.05, 4.69) is 12.1 Å². The highest BCUT2D eigenvalue weighted by molar-refractivity contribution is 7.20. The summed E-state index contributed by atoms with van der Waals surface area (Å²) in [5.74, 6) is -71.6. The molecule has 0 aliphatic heterocycles. The van der Waals surface area contributed by atoms with Gasteiger partial charge in [-0.15, -0.1) is 21.9 Å². The number of benzene rings is 5. The van der Waals surface area contributed by atoms with Crippen molar-refractivity contribution in [1.29, 1.82) is 0 Å². The standard InChI is InChI=1S/C24BF20.C19H22NO2/c26-5-1(6(27)14(35)21(42)13(5)34)25(2-7(28)15(36)22(43)16(37)8(2)29,3-9(30)17(38)23(44)18(39)10(3)31)4-11(32)19(40)24(45)20(41)12(4)33;21-19(22-17-11-5-2-6-12-17)18-13-7-8-14-20(18)15-16-9-3-1-4-10-16/h;1,3-4,7-10,13-14,17H,2,5-6,11-12,15H2/q-1;+1. The van der Waals surface area contributed by atoms with Crippen molar-refractivity contribution in [3.05, 3.63) is 182 Å². The van der Waals surface area contributed by atoms with Gasteiger partial charge in [0, 0.05) is 17.7 Å². The van der Waals surface area contributed by atoms with E-state index in [9.17, 15) is 57.5 Å². The molecule has 7 rings (SSSR count). The van der Waals surface area contributed by atoms with E-state index in [4.69, 9.17) is 4.74 Å². The molecule has 354 valence electrons. The Bertz CT molecular complexity index is 2550. The number of carbonyl (C=O) groups excluding carboxylic acids is 1. The molecule has 1 aromatic heterocycles. The number of hydrogen-bond donors (Lipinski definition) is 0. The van der Waals surface area contributed by atoms with E-state index in [0.717, 1.165) is 25.7 Å². The summed E-state index contributed by atoms with van der Waals surface area (Å²) in [4.78, 5) is 12.5. The van der Waals surface area contributed by atoms with Crippen LogP contribution in [0.25, 0.3) is 0 Å². The van der Waals surface area contributed by atoms with Gasteiger partial charge in [-0.05, 0) is 31.7 Å². The highest BCUT2D eigenvalue weighted by atomic mass is 19.2. The predicted octanol–water partition coefficient (Wildman–Crippen LogP) is 9.36. The van der Waals surface area contributed by atoms with Gasteiger partial charge in [-0.1, -0.05) is 36.8 Å². The molecule has 0 atom stereocenters. The molecule has 1 aliphatic carbocycles. The molecule has 1 aliphatic rings. The van der Waals surface area contributed by atoms with Crippen LogP contribution in [-0.4, -0.2) is 18.2 Å². The van der Waals surface area contributed by atoms with E-state index < -0.39 is 144 Å². The van der Waals surface area contributed by atoms with Crippen LogP contribution in [0.4, 0.5) is 87.8 Å². The number of nitrogens with zero attached hydrogens (tertiary/aromatic N) is 1. The number of rotatable bonds is 8. The lowest BCUT2D eigenvalue weighted by molar-refractivity contribution is -0.690. The maximum Gasteiger partial charge on any atom is 0.403 e. The van der Waals surface area contributed by atoms with E-state index in [1.54, 1.807) is 0 Å². The molecule has 1 saturated carbocycles. The maximum atomic E-state index is 15.4. The first-order valence-corrected chi connectivity index (χ1v) is 19.0. The third kappa shape index (κ3) is 8.42. The largest absolute Gasteiger partial charge is 0.454 e. The third-order valence-electron chi connectivity index (χ3n) is 10.9. The van der Waals surface area contributed by atoms with Gasteiger partial charge in [0.15, 0.2) is 82.5 Å². The first-order valence-electron chi connectivity index (χ1n) is 19.0.